The molecule has 7 heteroatoms. The molecule has 0 bridgehead atoms. The first-order valence-corrected chi connectivity index (χ1v) is 9.18. The number of amides is 1. The second-order valence-corrected chi connectivity index (χ2v) is 6.80. The highest BCUT2D eigenvalue weighted by Gasteiger charge is 2.48. The van der Waals surface area contributed by atoms with E-state index in [2.05, 4.69) is 0 Å². The number of rotatable bonds is 5. The number of carbonyl (C=O) groups excluding carboxylic acids is 2. The first-order chi connectivity index (χ1) is 13.6. The van der Waals surface area contributed by atoms with Crippen LogP contribution < -0.4 is 4.74 Å². The van der Waals surface area contributed by atoms with Crippen LogP contribution in [0.5, 0.6) is 5.75 Å². The third kappa shape index (κ3) is 3.07. The van der Waals surface area contributed by atoms with Crippen LogP contribution in [0.4, 0.5) is 0 Å². The molecule has 0 radical (unpaired) electrons. The minimum Gasteiger partial charge on any atom is -0.507 e. The van der Waals surface area contributed by atoms with Crippen molar-refractivity contribution in [2.75, 3.05) is 20.3 Å². The van der Waals surface area contributed by atoms with Gasteiger partial charge in [-0.1, -0.05) is 12.1 Å². The maximum Gasteiger partial charge on any atom is 0.295 e. The van der Waals surface area contributed by atoms with Crippen LogP contribution in [0.1, 0.15) is 30.2 Å². The third-order valence-corrected chi connectivity index (χ3v) is 5.14. The van der Waals surface area contributed by atoms with E-state index >= 15 is 0 Å². The van der Waals surface area contributed by atoms with Gasteiger partial charge in [0.05, 0.1) is 30.6 Å². The minimum absolute atomic E-state index is 0.0116. The monoisotopic (exact) mass is 383 g/mol. The molecular formula is C21H21NO6. The van der Waals surface area contributed by atoms with Crippen molar-refractivity contribution < 1.29 is 28.6 Å². The van der Waals surface area contributed by atoms with Crippen LogP contribution in [0, 0.1) is 0 Å². The van der Waals surface area contributed by atoms with Gasteiger partial charge in [0.2, 0.25) is 0 Å². The zero-order valence-electron chi connectivity index (χ0n) is 15.5. The fraction of sp³-hybridized carbons (Fsp3) is 0.333. The molecule has 2 fully saturated rings. The Balaban J connectivity index is 1.82. The van der Waals surface area contributed by atoms with Gasteiger partial charge in [0, 0.05) is 13.2 Å². The van der Waals surface area contributed by atoms with E-state index in [0.717, 1.165) is 12.8 Å². The van der Waals surface area contributed by atoms with E-state index in [9.17, 15) is 14.7 Å². The molecule has 28 heavy (non-hydrogen) atoms. The molecule has 0 spiro atoms. The predicted molar refractivity (Wildman–Crippen MR) is 99.7 cm³/mol. The summed E-state index contributed by atoms with van der Waals surface area (Å²) in [6, 6.07) is 9.36. The molecule has 2 aliphatic rings. The number of furan rings is 1. The van der Waals surface area contributed by atoms with E-state index in [1.165, 1.54) is 18.3 Å². The highest BCUT2D eigenvalue weighted by Crippen LogP contribution is 2.41. The number of methoxy groups -OCH3 is 1. The number of carbonyl (C=O) groups is 2. The van der Waals surface area contributed by atoms with Crippen LogP contribution >= 0.6 is 0 Å². The molecule has 3 heterocycles. The molecule has 1 amide bonds. The van der Waals surface area contributed by atoms with Crippen molar-refractivity contribution in [1.29, 1.82) is 0 Å². The van der Waals surface area contributed by atoms with Gasteiger partial charge in [-0.2, -0.15) is 0 Å². The number of hydrogen-bond donors (Lipinski definition) is 1. The Morgan fingerprint density at radius 1 is 1.25 bits per heavy atom. The second kappa shape index (κ2) is 7.52. The van der Waals surface area contributed by atoms with E-state index in [1.807, 2.05) is 0 Å². The van der Waals surface area contributed by atoms with E-state index in [4.69, 9.17) is 13.9 Å². The van der Waals surface area contributed by atoms with Crippen LogP contribution in [0.25, 0.3) is 5.76 Å². The molecule has 2 atom stereocenters. The van der Waals surface area contributed by atoms with Gasteiger partial charge in [0.25, 0.3) is 11.7 Å². The van der Waals surface area contributed by atoms with Crippen molar-refractivity contribution >= 4 is 17.4 Å². The van der Waals surface area contributed by atoms with Crippen molar-refractivity contribution in [2.45, 2.75) is 25.0 Å². The second-order valence-electron chi connectivity index (χ2n) is 6.80. The van der Waals surface area contributed by atoms with Crippen LogP contribution in [-0.2, 0) is 14.3 Å². The summed E-state index contributed by atoms with van der Waals surface area (Å²) in [5, 5.41) is 11.0. The highest BCUT2D eigenvalue weighted by molar-refractivity contribution is 6.46. The lowest BCUT2D eigenvalue weighted by molar-refractivity contribution is -0.141. The lowest BCUT2D eigenvalue weighted by Gasteiger charge is -2.25. The summed E-state index contributed by atoms with van der Waals surface area (Å²) in [6.07, 6.45) is 3.08. The lowest BCUT2D eigenvalue weighted by Crippen LogP contribution is -2.36. The van der Waals surface area contributed by atoms with Crippen molar-refractivity contribution in [3.63, 3.8) is 0 Å². The Morgan fingerprint density at radius 3 is 2.75 bits per heavy atom. The Kier molecular flexibility index (Phi) is 4.92. The SMILES string of the molecule is COc1ccccc1/C(O)=C1/C(=O)C(=O)N(CC2CCCO2)C1c1ccco1. The van der Waals surface area contributed by atoms with Gasteiger partial charge in [-0.15, -0.1) is 0 Å². The molecule has 1 N–H and O–H groups in total. The normalized spacial score (nSPS) is 24.1. The average molecular weight is 383 g/mol. The third-order valence-electron chi connectivity index (χ3n) is 5.14. The fourth-order valence-electron chi connectivity index (χ4n) is 3.80. The number of nitrogens with zero attached hydrogens (tertiary/aromatic N) is 1. The molecule has 2 aromatic rings. The first-order valence-electron chi connectivity index (χ1n) is 9.18. The van der Waals surface area contributed by atoms with Crippen LogP contribution in [0.15, 0.2) is 52.7 Å². The number of aliphatic hydroxyl groups excluding tert-OH is 1. The molecular weight excluding hydrogens is 362 g/mol. The summed E-state index contributed by atoms with van der Waals surface area (Å²) in [4.78, 5) is 27.1. The molecule has 146 valence electrons. The van der Waals surface area contributed by atoms with E-state index in [-0.39, 0.29) is 24.0 Å². The van der Waals surface area contributed by atoms with Crippen molar-refractivity contribution in [2.24, 2.45) is 0 Å². The van der Waals surface area contributed by atoms with Gasteiger partial charge < -0.3 is 23.9 Å². The summed E-state index contributed by atoms with van der Waals surface area (Å²) in [7, 11) is 1.48. The number of ether oxygens (including phenoxy) is 2. The smallest absolute Gasteiger partial charge is 0.295 e. The van der Waals surface area contributed by atoms with Crippen LogP contribution in [0.3, 0.4) is 0 Å². The summed E-state index contributed by atoms with van der Waals surface area (Å²) in [6.45, 7) is 0.903. The molecule has 2 saturated heterocycles. The van der Waals surface area contributed by atoms with Crippen molar-refractivity contribution in [1.82, 2.24) is 4.90 Å². The Labute approximate surface area is 162 Å². The highest BCUT2D eigenvalue weighted by atomic mass is 16.5. The predicted octanol–water partition coefficient (Wildman–Crippen LogP) is 2.89. The number of ketones is 1. The Bertz CT molecular complexity index is 911. The van der Waals surface area contributed by atoms with Gasteiger partial charge in [0.15, 0.2) is 0 Å². The Hall–Kier alpha value is -3.06. The molecule has 2 unspecified atom stereocenters. The number of benzene rings is 1. The lowest BCUT2D eigenvalue weighted by atomic mass is 9.98. The van der Waals surface area contributed by atoms with Crippen LogP contribution in [-0.4, -0.2) is 48.1 Å². The van der Waals surface area contributed by atoms with Crippen molar-refractivity contribution in [3.05, 3.63) is 59.6 Å². The zero-order chi connectivity index (χ0) is 19.7. The number of para-hydroxylation sites is 1. The molecule has 0 saturated carbocycles. The molecule has 4 rings (SSSR count). The first kappa shape index (κ1) is 18.3. The van der Waals surface area contributed by atoms with Gasteiger partial charge in [-0.25, -0.2) is 0 Å². The molecule has 0 aliphatic carbocycles. The topological polar surface area (TPSA) is 89.2 Å². The summed E-state index contributed by atoms with van der Waals surface area (Å²) < 4.78 is 16.5. The van der Waals surface area contributed by atoms with Gasteiger partial charge in [-0.05, 0) is 37.1 Å². The van der Waals surface area contributed by atoms with Crippen LogP contribution in [0.2, 0.25) is 0 Å². The fourth-order valence-corrected chi connectivity index (χ4v) is 3.80. The molecule has 1 aromatic carbocycles. The van der Waals surface area contributed by atoms with Crippen molar-refractivity contribution in [3.8, 4) is 5.75 Å². The van der Waals surface area contributed by atoms with Gasteiger partial charge in [-0.3, -0.25) is 9.59 Å². The van der Waals surface area contributed by atoms with Gasteiger partial charge >= 0.3 is 0 Å². The standard InChI is InChI=1S/C21H21NO6/c1-26-15-8-3-2-7-14(15)19(23)17-18(16-9-5-11-28-16)22(21(25)20(17)24)12-13-6-4-10-27-13/h2-3,5,7-9,11,13,18,23H,4,6,10,12H2,1H3/b19-17-. The van der Waals surface area contributed by atoms with Gasteiger partial charge in [0.1, 0.15) is 23.3 Å². The number of aliphatic hydroxyl groups is 1. The van der Waals surface area contributed by atoms with E-state index in [1.54, 1.807) is 36.4 Å². The minimum atomic E-state index is -0.816. The number of Topliss-reactive ketones (excluding diaryl/α,β-unsaturated/α-hetero) is 1. The zero-order valence-corrected chi connectivity index (χ0v) is 15.5. The van der Waals surface area contributed by atoms with E-state index in [0.29, 0.717) is 23.7 Å². The molecule has 1 aromatic heterocycles. The molecule has 2 aliphatic heterocycles. The number of likely N-dealkylation sites (tertiary alicyclic amines) is 1. The molecule has 7 nitrogen and oxygen atoms in total. The quantitative estimate of drug-likeness (QED) is 0.485. The summed E-state index contributed by atoms with van der Waals surface area (Å²) in [5.74, 6) is -0.889. The maximum absolute atomic E-state index is 12.9. The largest absolute Gasteiger partial charge is 0.507 e. The maximum atomic E-state index is 12.9. The Morgan fingerprint density at radius 2 is 2.07 bits per heavy atom. The number of hydrogen-bond acceptors (Lipinski definition) is 6. The summed E-state index contributed by atoms with van der Waals surface area (Å²) >= 11 is 0. The van der Waals surface area contributed by atoms with E-state index < -0.39 is 17.7 Å². The summed E-state index contributed by atoms with van der Waals surface area (Å²) in [5.41, 5.74) is 0.333. The average Bonchev–Trinajstić information content (AvgIpc) is 3.46.